The van der Waals surface area contributed by atoms with Crippen molar-refractivity contribution in [3.05, 3.63) is 0 Å². The quantitative estimate of drug-likeness (QED) is 0.832. The number of halogens is 4. The molecule has 2 aliphatic heterocycles. The molecule has 0 aromatic rings. The van der Waals surface area contributed by atoms with Gasteiger partial charge in [-0.3, -0.25) is 4.90 Å². The predicted octanol–water partition coefficient (Wildman–Crippen LogP) is 2.17. The monoisotopic (exact) mass is 276 g/mol. The summed E-state index contributed by atoms with van der Waals surface area (Å²) in [5.41, 5.74) is 0. The number of rotatable bonds is 2. The highest BCUT2D eigenvalue weighted by Crippen LogP contribution is 2.27. The van der Waals surface area contributed by atoms with E-state index in [-0.39, 0.29) is 37.8 Å². The highest BCUT2D eigenvalue weighted by molar-refractivity contribution is 5.85. The van der Waals surface area contributed by atoms with Crippen LogP contribution >= 0.6 is 24.8 Å². The van der Waals surface area contributed by atoms with Gasteiger partial charge in [0.2, 0.25) is 0 Å². The number of likely N-dealkylation sites (tertiary alicyclic amines) is 1. The summed E-state index contributed by atoms with van der Waals surface area (Å²) in [4.78, 5) is 1.91. The minimum absolute atomic E-state index is 0. The molecule has 0 aromatic carbocycles. The fraction of sp³-hybridized carbons (Fsp3) is 1.00. The Kier molecular flexibility index (Phi) is 7.10. The van der Waals surface area contributed by atoms with E-state index >= 15 is 0 Å². The summed E-state index contributed by atoms with van der Waals surface area (Å²) in [5, 5.41) is 3.32. The molecule has 16 heavy (non-hydrogen) atoms. The van der Waals surface area contributed by atoms with Crippen molar-refractivity contribution in [2.75, 3.05) is 32.7 Å². The smallest absolute Gasteiger partial charge is 0.261 e. The Morgan fingerprint density at radius 2 is 2.06 bits per heavy atom. The number of hydrogen-bond acceptors (Lipinski definition) is 2. The van der Waals surface area contributed by atoms with E-state index in [4.69, 9.17) is 0 Å². The van der Waals surface area contributed by atoms with Gasteiger partial charge < -0.3 is 5.32 Å². The maximum atomic E-state index is 12.9. The lowest BCUT2D eigenvalue weighted by atomic mass is 9.99. The van der Waals surface area contributed by atoms with Crippen molar-refractivity contribution in [1.82, 2.24) is 10.2 Å². The normalized spacial score (nSPS) is 29.2. The van der Waals surface area contributed by atoms with E-state index in [9.17, 15) is 8.78 Å². The summed E-state index contributed by atoms with van der Waals surface area (Å²) in [6, 6.07) is 0. The van der Waals surface area contributed by atoms with Crippen LogP contribution in [0.25, 0.3) is 0 Å². The number of hydrogen-bond donors (Lipinski definition) is 1. The largest absolute Gasteiger partial charge is 0.316 e. The SMILES string of the molecule is Cl.Cl.FC1(F)CCN(CC2CCCNC2)C1. The van der Waals surface area contributed by atoms with E-state index in [2.05, 4.69) is 5.32 Å². The predicted molar refractivity (Wildman–Crippen MR) is 66.1 cm³/mol. The molecule has 1 unspecified atom stereocenters. The van der Waals surface area contributed by atoms with Crippen molar-refractivity contribution in [2.45, 2.75) is 25.2 Å². The summed E-state index contributed by atoms with van der Waals surface area (Å²) in [6.07, 6.45) is 2.43. The fourth-order valence-corrected chi connectivity index (χ4v) is 2.41. The molecule has 0 saturated carbocycles. The molecule has 1 N–H and O–H groups in total. The first kappa shape index (κ1) is 16.4. The molecule has 98 valence electrons. The van der Waals surface area contributed by atoms with E-state index in [0.717, 1.165) is 19.6 Å². The van der Waals surface area contributed by atoms with E-state index < -0.39 is 5.92 Å². The van der Waals surface area contributed by atoms with Gasteiger partial charge in [0.25, 0.3) is 5.92 Å². The summed E-state index contributed by atoms with van der Waals surface area (Å²) < 4.78 is 25.8. The van der Waals surface area contributed by atoms with Crippen molar-refractivity contribution in [1.29, 1.82) is 0 Å². The maximum Gasteiger partial charge on any atom is 0.261 e. The first-order valence-corrected chi connectivity index (χ1v) is 5.47. The average molecular weight is 277 g/mol. The minimum atomic E-state index is -2.43. The molecule has 2 heterocycles. The Bertz CT molecular complexity index is 199. The van der Waals surface area contributed by atoms with Gasteiger partial charge in [-0.05, 0) is 31.8 Å². The van der Waals surface area contributed by atoms with Crippen LogP contribution in [0.2, 0.25) is 0 Å². The highest BCUT2D eigenvalue weighted by atomic mass is 35.5. The van der Waals surface area contributed by atoms with Crippen LogP contribution in [0.3, 0.4) is 0 Å². The van der Waals surface area contributed by atoms with Crippen LogP contribution < -0.4 is 5.32 Å². The molecule has 2 nitrogen and oxygen atoms in total. The van der Waals surface area contributed by atoms with Crippen molar-refractivity contribution in [3.8, 4) is 0 Å². The highest BCUT2D eigenvalue weighted by Gasteiger charge is 2.38. The Morgan fingerprint density at radius 3 is 2.56 bits per heavy atom. The van der Waals surface area contributed by atoms with Crippen molar-refractivity contribution < 1.29 is 8.78 Å². The van der Waals surface area contributed by atoms with Gasteiger partial charge in [0, 0.05) is 19.5 Å². The standard InChI is InChI=1S/C10H18F2N2.2ClH/c11-10(12)3-5-14(8-10)7-9-2-1-4-13-6-9;;/h9,13H,1-8H2;2*1H. The van der Waals surface area contributed by atoms with Gasteiger partial charge in [0.05, 0.1) is 6.54 Å². The molecule has 6 heteroatoms. The zero-order chi connectivity index (χ0) is 10.0. The molecule has 0 aromatic heterocycles. The maximum absolute atomic E-state index is 12.9. The third kappa shape index (κ3) is 4.70. The van der Waals surface area contributed by atoms with Crippen LogP contribution in [-0.4, -0.2) is 43.5 Å². The number of nitrogens with zero attached hydrogens (tertiary/aromatic N) is 1. The summed E-state index contributed by atoms with van der Waals surface area (Å²) in [6.45, 7) is 3.49. The molecule has 0 aliphatic carbocycles. The zero-order valence-electron chi connectivity index (χ0n) is 9.25. The van der Waals surface area contributed by atoms with Gasteiger partial charge in [-0.15, -0.1) is 24.8 Å². The van der Waals surface area contributed by atoms with Gasteiger partial charge in [0.1, 0.15) is 0 Å². The van der Waals surface area contributed by atoms with Gasteiger partial charge in [-0.2, -0.15) is 0 Å². The molecule has 0 spiro atoms. The van der Waals surface area contributed by atoms with Gasteiger partial charge >= 0.3 is 0 Å². The van der Waals surface area contributed by atoms with E-state index in [1.54, 1.807) is 0 Å². The molecule has 2 rings (SSSR count). The third-order valence-electron chi connectivity index (χ3n) is 3.16. The van der Waals surface area contributed by atoms with E-state index in [0.29, 0.717) is 12.5 Å². The van der Waals surface area contributed by atoms with Crippen LogP contribution in [0.4, 0.5) is 8.78 Å². The molecular weight excluding hydrogens is 257 g/mol. The Labute approximate surface area is 108 Å². The second-order valence-corrected chi connectivity index (χ2v) is 4.55. The van der Waals surface area contributed by atoms with Crippen LogP contribution in [0.15, 0.2) is 0 Å². The zero-order valence-corrected chi connectivity index (χ0v) is 10.9. The molecule has 0 bridgehead atoms. The number of alkyl halides is 2. The Balaban J connectivity index is 0.00000112. The summed E-state index contributed by atoms with van der Waals surface area (Å²) >= 11 is 0. The van der Waals surface area contributed by atoms with Crippen molar-refractivity contribution >= 4 is 24.8 Å². The summed E-state index contributed by atoms with van der Waals surface area (Å²) in [5.74, 6) is -1.85. The average Bonchev–Trinajstić information content (AvgIpc) is 2.47. The Hall–Kier alpha value is 0.360. The number of nitrogens with one attached hydrogen (secondary N) is 1. The lowest BCUT2D eigenvalue weighted by Crippen LogP contribution is -2.38. The van der Waals surface area contributed by atoms with Crippen molar-refractivity contribution in [2.24, 2.45) is 5.92 Å². The van der Waals surface area contributed by atoms with Crippen LogP contribution in [0.5, 0.6) is 0 Å². The lowest BCUT2D eigenvalue weighted by Gasteiger charge is -2.27. The fourth-order valence-electron chi connectivity index (χ4n) is 2.41. The second-order valence-electron chi connectivity index (χ2n) is 4.55. The minimum Gasteiger partial charge on any atom is -0.316 e. The van der Waals surface area contributed by atoms with Crippen LogP contribution in [-0.2, 0) is 0 Å². The third-order valence-corrected chi connectivity index (χ3v) is 3.16. The van der Waals surface area contributed by atoms with Gasteiger partial charge in [-0.1, -0.05) is 0 Å². The molecule has 2 fully saturated rings. The first-order chi connectivity index (χ1) is 6.66. The van der Waals surface area contributed by atoms with Gasteiger partial charge in [-0.25, -0.2) is 8.78 Å². The molecule has 1 atom stereocenters. The molecule has 2 saturated heterocycles. The van der Waals surface area contributed by atoms with E-state index in [1.165, 1.54) is 12.8 Å². The topological polar surface area (TPSA) is 15.3 Å². The lowest BCUT2D eigenvalue weighted by molar-refractivity contribution is 0.0105. The molecule has 0 radical (unpaired) electrons. The molecule has 2 aliphatic rings. The Morgan fingerprint density at radius 1 is 1.31 bits per heavy atom. The van der Waals surface area contributed by atoms with Crippen LogP contribution in [0, 0.1) is 5.92 Å². The van der Waals surface area contributed by atoms with Crippen molar-refractivity contribution in [3.63, 3.8) is 0 Å². The van der Waals surface area contributed by atoms with Gasteiger partial charge in [0.15, 0.2) is 0 Å². The second kappa shape index (κ2) is 6.94. The molecular formula is C10H20Cl2F2N2. The molecule has 0 amide bonds. The number of piperidine rings is 1. The summed E-state index contributed by atoms with van der Waals surface area (Å²) in [7, 11) is 0. The first-order valence-electron chi connectivity index (χ1n) is 5.47. The van der Waals surface area contributed by atoms with E-state index in [1.807, 2.05) is 4.90 Å². The van der Waals surface area contributed by atoms with Crippen LogP contribution in [0.1, 0.15) is 19.3 Å².